The lowest BCUT2D eigenvalue weighted by Gasteiger charge is -2.19. The number of hydrogen-bond donors (Lipinski definition) is 1. The minimum atomic E-state index is -3.95. The van der Waals surface area contributed by atoms with E-state index in [4.69, 9.17) is 11.6 Å². The number of rotatable bonds is 4. The molecule has 0 aliphatic rings. The van der Waals surface area contributed by atoms with E-state index in [0.717, 1.165) is 16.6 Å². The Kier molecular flexibility index (Phi) is 5.30. The van der Waals surface area contributed by atoms with E-state index in [9.17, 15) is 8.42 Å². The summed E-state index contributed by atoms with van der Waals surface area (Å²) in [7, 11) is -3.95. The first-order valence-electron chi connectivity index (χ1n) is 10.7. The standard InChI is InChI=1S/C25H22ClN5O2S/c1-25(2,3)16-8-14-19(15-9-16)34(32,33)24-23-28-22(27-18-12-10-17(26)11-13-18)20-6-4-5-7-21(20)31(23)30-29-24/h4-15H,1-3H3,(H,27,28). The van der Waals surface area contributed by atoms with Gasteiger partial charge in [-0.3, -0.25) is 0 Å². The van der Waals surface area contributed by atoms with Gasteiger partial charge in [-0.15, -0.1) is 5.10 Å². The van der Waals surface area contributed by atoms with Crippen LogP contribution in [0.1, 0.15) is 26.3 Å². The summed E-state index contributed by atoms with van der Waals surface area (Å²) in [6.45, 7) is 6.23. The molecule has 0 fully saturated rings. The Hall–Kier alpha value is -3.49. The van der Waals surface area contributed by atoms with Gasteiger partial charge in [0.25, 0.3) is 0 Å². The number of nitrogens with zero attached hydrogens (tertiary/aromatic N) is 4. The maximum absolute atomic E-state index is 13.5. The number of halogens is 1. The average molecular weight is 492 g/mol. The predicted octanol–water partition coefficient (Wildman–Crippen LogP) is 5.80. The first-order valence-corrected chi connectivity index (χ1v) is 12.5. The van der Waals surface area contributed by atoms with E-state index >= 15 is 0 Å². The number of aromatic nitrogens is 4. The van der Waals surface area contributed by atoms with E-state index in [2.05, 4.69) is 41.4 Å². The van der Waals surface area contributed by atoms with Crippen LogP contribution in [0, 0.1) is 0 Å². The van der Waals surface area contributed by atoms with Crippen molar-refractivity contribution in [3.8, 4) is 0 Å². The van der Waals surface area contributed by atoms with Gasteiger partial charge in [-0.25, -0.2) is 13.4 Å². The van der Waals surface area contributed by atoms with Gasteiger partial charge in [0, 0.05) is 16.1 Å². The predicted molar refractivity (Wildman–Crippen MR) is 134 cm³/mol. The Labute approximate surface area is 202 Å². The van der Waals surface area contributed by atoms with Crippen molar-refractivity contribution in [2.75, 3.05) is 5.32 Å². The van der Waals surface area contributed by atoms with Crippen LogP contribution in [0.15, 0.2) is 82.7 Å². The van der Waals surface area contributed by atoms with Crippen LogP contribution >= 0.6 is 11.6 Å². The molecule has 0 unspecified atom stereocenters. The van der Waals surface area contributed by atoms with Crippen LogP contribution in [0.4, 0.5) is 11.5 Å². The van der Waals surface area contributed by atoms with Crippen molar-refractivity contribution in [3.05, 3.63) is 83.4 Å². The van der Waals surface area contributed by atoms with Crippen LogP contribution in [0.2, 0.25) is 5.02 Å². The van der Waals surface area contributed by atoms with Gasteiger partial charge in [-0.1, -0.05) is 61.9 Å². The fourth-order valence-corrected chi connectivity index (χ4v) is 5.09. The largest absolute Gasteiger partial charge is 0.340 e. The van der Waals surface area contributed by atoms with Crippen LogP contribution in [0.5, 0.6) is 0 Å². The molecular formula is C25H22ClN5O2S. The molecule has 0 saturated heterocycles. The Bertz CT molecular complexity index is 1620. The van der Waals surface area contributed by atoms with Crippen LogP contribution in [-0.2, 0) is 15.3 Å². The Morgan fingerprint density at radius 3 is 2.26 bits per heavy atom. The summed E-state index contributed by atoms with van der Waals surface area (Å²) < 4.78 is 28.5. The molecule has 3 aromatic carbocycles. The molecule has 0 spiro atoms. The molecule has 0 aliphatic carbocycles. The first-order chi connectivity index (χ1) is 16.1. The molecule has 0 aliphatic heterocycles. The van der Waals surface area contributed by atoms with Gasteiger partial charge in [0.2, 0.25) is 14.9 Å². The third-order valence-electron chi connectivity index (χ3n) is 5.61. The Morgan fingerprint density at radius 2 is 1.59 bits per heavy atom. The minimum absolute atomic E-state index is 0.0896. The lowest BCUT2D eigenvalue weighted by molar-refractivity contribution is 0.585. The van der Waals surface area contributed by atoms with Gasteiger partial charge in [0.1, 0.15) is 5.82 Å². The molecule has 0 radical (unpaired) electrons. The van der Waals surface area contributed by atoms with Crippen LogP contribution < -0.4 is 5.32 Å². The van der Waals surface area contributed by atoms with Gasteiger partial charge < -0.3 is 5.32 Å². The van der Waals surface area contributed by atoms with Crippen molar-refractivity contribution in [2.24, 2.45) is 0 Å². The zero-order valence-corrected chi connectivity index (χ0v) is 20.4. The van der Waals surface area contributed by atoms with Crippen molar-refractivity contribution in [2.45, 2.75) is 36.1 Å². The van der Waals surface area contributed by atoms with Gasteiger partial charge in [-0.2, -0.15) is 4.52 Å². The maximum Gasteiger partial charge on any atom is 0.229 e. The van der Waals surface area contributed by atoms with E-state index in [0.29, 0.717) is 16.4 Å². The molecule has 1 N–H and O–H groups in total. The fraction of sp³-hybridized carbons (Fsp3) is 0.160. The number of sulfone groups is 1. The summed E-state index contributed by atoms with van der Waals surface area (Å²) in [5.74, 6) is 0.493. The zero-order chi connectivity index (χ0) is 24.1. The summed E-state index contributed by atoms with van der Waals surface area (Å²) >= 11 is 6.01. The molecule has 0 atom stereocenters. The number of anilines is 2. The molecule has 0 amide bonds. The first kappa shape index (κ1) is 22.3. The number of fused-ring (bicyclic) bond motifs is 3. The van der Waals surface area contributed by atoms with Crippen molar-refractivity contribution in [3.63, 3.8) is 0 Å². The molecule has 2 heterocycles. The SMILES string of the molecule is CC(C)(C)c1ccc(S(=O)(=O)c2nnn3c2nc(Nc2ccc(Cl)cc2)c2ccccc23)cc1. The molecule has 9 heteroatoms. The highest BCUT2D eigenvalue weighted by Gasteiger charge is 2.27. The normalized spacial score (nSPS) is 12.4. The van der Waals surface area contributed by atoms with E-state index < -0.39 is 9.84 Å². The molecule has 5 rings (SSSR count). The lowest BCUT2D eigenvalue weighted by atomic mass is 9.87. The topological polar surface area (TPSA) is 89.2 Å². The summed E-state index contributed by atoms with van der Waals surface area (Å²) in [6, 6.07) is 21.5. The van der Waals surface area contributed by atoms with Gasteiger partial charge in [0.15, 0.2) is 5.65 Å². The second-order valence-electron chi connectivity index (χ2n) is 9.02. The van der Waals surface area contributed by atoms with E-state index in [1.807, 2.05) is 48.5 Å². The third-order valence-corrected chi connectivity index (χ3v) is 7.53. The van der Waals surface area contributed by atoms with Crippen LogP contribution in [0.3, 0.4) is 0 Å². The maximum atomic E-state index is 13.5. The molecule has 5 aromatic rings. The number of benzene rings is 3. The molecule has 2 aromatic heterocycles. The number of hydrogen-bond acceptors (Lipinski definition) is 6. The second-order valence-corrected chi connectivity index (χ2v) is 11.3. The van der Waals surface area contributed by atoms with Gasteiger partial charge in [0.05, 0.1) is 10.4 Å². The molecule has 0 bridgehead atoms. The Morgan fingerprint density at radius 1 is 0.912 bits per heavy atom. The fourth-order valence-electron chi connectivity index (χ4n) is 3.73. The molecule has 34 heavy (non-hydrogen) atoms. The zero-order valence-electron chi connectivity index (χ0n) is 18.8. The smallest absolute Gasteiger partial charge is 0.229 e. The second kappa shape index (κ2) is 8.07. The highest BCUT2D eigenvalue weighted by atomic mass is 35.5. The highest BCUT2D eigenvalue weighted by Crippen LogP contribution is 2.31. The molecule has 7 nitrogen and oxygen atoms in total. The van der Waals surface area contributed by atoms with Gasteiger partial charge in [-0.05, 0) is 59.5 Å². The average Bonchev–Trinajstić information content (AvgIpc) is 3.25. The summed E-state index contributed by atoms with van der Waals surface area (Å²) in [5, 5.41) is 12.6. The number of nitrogens with one attached hydrogen (secondary N) is 1. The molecular weight excluding hydrogens is 470 g/mol. The van der Waals surface area contributed by atoms with E-state index in [1.54, 1.807) is 24.3 Å². The van der Waals surface area contributed by atoms with Crippen molar-refractivity contribution in [1.29, 1.82) is 0 Å². The van der Waals surface area contributed by atoms with E-state index in [1.165, 1.54) is 4.52 Å². The van der Waals surface area contributed by atoms with Crippen LogP contribution in [0.25, 0.3) is 16.6 Å². The summed E-state index contributed by atoms with van der Waals surface area (Å²) in [5.41, 5.74) is 2.54. The van der Waals surface area contributed by atoms with Crippen LogP contribution in [-0.4, -0.2) is 28.2 Å². The monoisotopic (exact) mass is 491 g/mol. The number of para-hydroxylation sites is 1. The van der Waals surface area contributed by atoms with Crippen molar-refractivity contribution >= 4 is 49.5 Å². The van der Waals surface area contributed by atoms with Crippen molar-refractivity contribution in [1.82, 2.24) is 19.8 Å². The summed E-state index contributed by atoms with van der Waals surface area (Å²) in [6.07, 6.45) is 0. The summed E-state index contributed by atoms with van der Waals surface area (Å²) in [4.78, 5) is 4.79. The van der Waals surface area contributed by atoms with E-state index in [-0.39, 0.29) is 21.0 Å². The Balaban J connectivity index is 1.67. The van der Waals surface area contributed by atoms with Crippen molar-refractivity contribution < 1.29 is 8.42 Å². The molecule has 172 valence electrons. The minimum Gasteiger partial charge on any atom is -0.340 e. The third kappa shape index (κ3) is 3.89. The highest BCUT2D eigenvalue weighted by molar-refractivity contribution is 7.91. The lowest BCUT2D eigenvalue weighted by Crippen LogP contribution is -2.11. The quantitative estimate of drug-likeness (QED) is 0.341. The molecule has 0 saturated carbocycles. The van der Waals surface area contributed by atoms with Gasteiger partial charge >= 0.3 is 0 Å².